The van der Waals surface area contributed by atoms with E-state index in [2.05, 4.69) is 135 Å². The second-order valence-electron chi connectivity index (χ2n) is 22.1. The Bertz CT molecular complexity index is 3030. The minimum Gasteiger partial charge on any atom is -0.322 e. The first kappa shape index (κ1) is 48.1. The molecule has 0 N–H and O–H groups in total. The van der Waals surface area contributed by atoms with Crippen molar-refractivity contribution in [3.63, 3.8) is 0 Å². The van der Waals surface area contributed by atoms with E-state index in [0.717, 1.165) is 99.8 Å². The Morgan fingerprint density at radius 2 is 0.526 bits per heavy atom. The van der Waals surface area contributed by atoms with Gasteiger partial charge in [-0.1, -0.05) is 123 Å². The Labute approximate surface area is 443 Å². The van der Waals surface area contributed by atoms with Crippen LogP contribution in [0.5, 0.6) is 0 Å². The highest BCUT2D eigenvalue weighted by molar-refractivity contribution is 5.87. The van der Waals surface area contributed by atoms with Crippen LogP contribution in [0.4, 0.5) is 0 Å². The Hall–Kier alpha value is -7.60. The molecule has 0 unspecified atom stereocenters. The normalized spacial score (nSPS) is 25.2. The van der Waals surface area contributed by atoms with Crippen molar-refractivity contribution in [2.45, 2.75) is 127 Å². The Balaban J connectivity index is 0.0000000970. The summed E-state index contributed by atoms with van der Waals surface area (Å²) in [5, 5.41) is 0. The van der Waals surface area contributed by atoms with Gasteiger partial charge in [0.1, 0.15) is 23.1 Å². The molecule has 0 radical (unpaired) electrons. The summed E-state index contributed by atoms with van der Waals surface area (Å²) in [4.78, 5) is 66.2. The first-order chi connectivity index (χ1) is 37.4. The topological polar surface area (TPSA) is 140 Å². The molecule has 0 spiro atoms. The fourth-order valence-corrected chi connectivity index (χ4v) is 14.5. The molecule has 4 aliphatic carbocycles. The van der Waals surface area contributed by atoms with Gasteiger partial charge >= 0.3 is 0 Å². The first-order valence-corrected chi connectivity index (χ1v) is 28.0. The van der Waals surface area contributed by atoms with Crippen LogP contribution in [-0.2, 0) is 19.2 Å². The van der Waals surface area contributed by atoms with Crippen molar-refractivity contribution in [2.75, 3.05) is 0 Å². The first-order valence-electron chi connectivity index (χ1n) is 28.0. The van der Waals surface area contributed by atoms with E-state index in [4.69, 9.17) is 0 Å². The summed E-state index contributed by atoms with van der Waals surface area (Å²) < 4.78 is 8.77. The molecule has 0 amide bonds. The third-order valence-corrected chi connectivity index (χ3v) is 18.0. The van der Waals surface area contributed by atoms with Gasteiger partial charge in [-0.15, -0.1) is 0 Å². The van der Waals surface area contributed by atoms with Gasteiger partial charge in [-0.2, -0.15) is 0 Å². The molecule has 4 fully saturated rings. The Morgan fingerprint density at radius 1 is 0.303 bits per heavy atom. The van der Waals surface area contributed by atoms with Crippen LogP contribution in [0.3, 0.4) is 0 Å². The van der Waals surface area contributed by atoms with Gasteiger partial charge < -0.3 is 18.3 Å². The summed E-state index contributed by atoms with van der Waals surface area (Å²) in [5.41, 5.74) is 14.7. The predicted octanol–water partition coefficient (Wildman–Crippen LogP) is 12.8. The monoisotopic (exact) mass is 1010 g/mol. The smallest absolute Gasteiger partial charge is 0.138 e. The maximum Gasteiger partial charge on any atom is 0.138 e. The summed E-state index contributed by atoms with van der Waals surface area (Å²) in [6, 6.07) is 34.4. The standard InChI is InChI=1S/4C16H16N2O/c4*19-15-8-4-3-7-13(15)16-12-6-2-1-5-11(12)14-9-17-10-18(14)16/h4*1-2,5-6,9-10,13,16H,3-4,7-8H2/t2*13-,16+;2*13-,16-/m1010/s1. The summed E-state index contributed by atoms with van der Waals surface area (Å²) in [6.45, 7) is 0. The van der Waals surface area contributed by atoms with Crippen LogP contribution >= 0.6 is 0 Å². The number of carbonyl (C=O) groups is 4. The average Bonchev–Trinajstić information content (AvgIpc) is 4.34. The van der Waals surface area contributed by atoms with Gasteiger partial charge in [-0.3, -0.25) is 19.2 Å². The molecule has 8 aromatic rings. The highest BCUT2D eigenvalue weighted by atomic mass is 16.1. The number of rotatable bonds is 4. The molecule has 4 aliphatic heterocycles. The van der Waals surface area contributed by atoms with E-state index in [0.29, 0.717) is 23.1 Å². The number of fused-ring (bicyclic) bond motifs is 12. The van der Waals surface area contributed by atoms with Crippen LogP contribution in [0.25, 0.3) is 45.0 Å². The number of hydrogen-bond acceptors (Lipinski definition) is 8. The van der Waals surface area contributed by atoms with E-state index >= 15 is 0 Å². The fourth-order valence-electron chi connectivity index (χ4n) is 14.5. The van der Waals surface area contributed by atoms with Crippen molar-refractivity contribution in [3.8, 4) is 45.0 Å². The van der Waals surface area contributed by atoms with Gasteiger partial charge in [0.15, 0.2) is 0 Å². The Morgan fingerprint density at radius 3 is 0.750 bits per heavy atom. The SMILES string of the molecule is O=C1CCCC[C@@H]1[C@@H]1c2ccccc2-c2cncn21.O=C1CCCC[C@@H]1[C@H]1c2ccccc2-c2cncn21.O=C1CCCC[C@H]1[C@@H]1c2ccccc2-c2cncn21.O=C1CCCC[C@H]1[C@H]1c2ccccc2-c2cncn21. The minimum absolute atomic E-state index is 0.130. The zero-order valence-electron chi connectivity index (χ0n) is 43.0. The number of imidazole rings is 4. The van der Waals surface area contributed by atoms with Crippen LogP contribution in [0, 0.1) is 23.7 Å². The molecule has 0 saturated heterocycles. The molecular weight excluding hydrogens is 945 g/mol. The average molecular weight is 1010 g/mol. The lowest BCUT2D eigenvalue weighted by molar-refractivity contribution is -0.126. The molecule has 76 heavy (non-hydrogen) atoms. The van der Waals surface area contributed by atoms with Crippen molar-refractivity contribution >= 4 is 23.1 Å². The fraction of sp³-hybridized carbons (Fsp3) is 0.375. The number of hydrogen-bond donors (Lipinski definition) is 0. The molecule has 8 heterocycles. The van der Waals surface area contributed by atoms with Crippen LogP contribution in [-0.4, -0.2) is 61.3 Å². The highest BCUT2D eigenvalue weighted by Crippen LogP contribution is 2.50. The lowest BCUT2D eigenvalue weighted by atomic mass is 9.80. The van der Waals surface area contributed by atoms with Gasteiger partial charge in [0, 0.05) is 71.6 Å². The second kappa shape index (κ2) is 20.5. The van der Waals surface area contributed by atoms with Gasteiger partial charge in [0.2, 0.25) is 0 Å². The van der Waals surface area contributed by atoms with Crippen LogP contribution < -0.4 is 0 Å². The van der Waals surface area contributed by atoms with E-state index in [1.54, 1.807) is 0 Å². The highest BCUT2D eigenvalue weighted by Gasteiger charge is 2.42. The lowest BCUT2D eigenvalue weighted by Gasteiger charge is -2.28. The van der Waals surface area contributed by atoms with Gasteiger partial charge in [-0.25, -0.2) is 19.9 Å². The third-order valence-electron chi connectivity index (χ3n) is 18.0. The van der Waals surface area contributed by atoms with Crippen molar-refractivity contribution < 1.29 is 19.2 Å². The van der Waals surface area contributed by atoms with Gasteiger partial charge in [0.05, 0.1) is 97.0 Å². The van der Waals surface area contributed by atoms with Crippen LogP contribution in [0.2, 0.25) is 0 Å². The Kier molecular flexibility index (Phi) is 13.0. The molecule has 12 nitrogen and oxygen atoms in total. The molecule has 8 aliphatic rings. The minimum atomic E-state index is 0.130. The van der Waals surface area contributed by atoms with Crippen molar-refractivity contribution in [3.05, 3.63) is 169 Å². The zero-order chi connectivity index (χ0) is 51.3. The van der Waals surface area contributed by atoms with Crippen LogP contribution in [0.1, 0.15) is 149 Å². The predicted molar refractivity (Wildman–Crippen MR) is 291 cm³/mol. The van der Waals surface area contributed by atoms with E-state index in [9.17, 15) is 19.2 Å². The maximum absolute atomic E-state index is 12.3. The number of aromatic nitrogens is 8. The number of carbonyl (C=O) groups excluding carboxylic acids is 4. The molecule has 8 atom stereocenters. The van der Waals surface area contributed by atoms with Gasteiger partial charge in [0.25, 0.3) is 0 Å². The molecule has 16 rings (SSSR count). The largest absolute Gasteiger partial charge is 0.322 e. The number of benzene rings is 4. The summed E-state index contributed by atoms with van der Waals surface area (Å²) in [5.74, 6) is 2.21. The molecule has 4 aromatic carbocycles. The number of ketones is 4. The molecule has 4 aromatic heterocycles. The maximum atomic E-state index is 12.3. The summed E-state index contributed by atoms with van der Waals surface area (Å²) in [6.07, 6.45) is 31.0. The van der Waals surface area contributed by atoms with E-state index in [1.165, 1.54) is 70.2 Å². The van der Waals surface area contributed by atoms with Crippen molar-refractivity contribution in [2.24, 2.45) is 23.7 Å². The molecular formula is C64H64N8O4. The van der Waals surface area contributed by atoms with E-state index in [-0.39, 0.29) is 47.8 Å². The summed E-state index contributed by atoms with van der Waals surface area (Å²) in [7, 11) is 0. The van der Waals surface area contributed by atoms with Crippen molar-refractivity contribution in [1.29, 1.82) is 0 Å². The number of nitrogens with zero attached hydrogens (tertiary/aromatic N) is 8. The van der Waals surface area contributed by atoms with Crippen LogP contribution in [0.15, 0.2) is 147 Å². The molecule has 12 heteroatoms. The third kappa shape index (κ3) is 8.35. The zero-order valence-corrected chi connectivity index (χ0v) is 43.0. The second-order valence-corrected chi connectivity index (χ2v) is 22.1. The molecule has 384 valence electrons. The van der Waals surface area contributed by atoms with Crippen molar-refractivity contribution in [1.82, 2.24) is 38.2 Å². The number of Topliss-reactive ketones (excluding diaryl/α,β-unsaturated/α-hetero) is 4. The van der Waals surface area contributed by atoms with E-state index < -0.39 is 0 Å². The lowest BCUT2D eigenvalue weighted by Crippen LogP contribution is -2.28. The molecule has 0 bridgehead atoms. The van der Waals surface area contributed by atoms with Gasteiger partial charge in [-0.05, 0) is 73.6 Å². The quantitative estimate of drug-likeness (QED) is 0.170. The molecule has 4 saturated carbocycles. The van der Waals surface area contributed by atoms with E-state index in [1.807, 2.05) is 50.1 Å². The summed E-state index contributed by atoms with van der Waals surface area (Å²) >= 11 is 0.